The van der Waals surface area contributed by atoms with E-state index < -0.39 is 0 Å². The molecular weight excluding hydrogens is 332 g/mol. The highest BCUT2D eigenvalue weighted by atomic mass is 16.5. The Kier molecular flexibility index (Phi) is 5.83. The summed E-state index contributed by atoms with van der Waals surface area (Å²) < 4.78 is 6.11. The van der Waals surface area contributed by atoms with E-state index in [4.69, 9.17) is 4.74 Å². The summed E-state index contributed by atoms with van der Waals surface area (Å²) in [6.07, 6.45) is 2.37. The van der Waals surface area contributed by atoms with Gasteiger partial charge in [-0.05, 0) is 43.1 Å². The summed E-state index contributed by atoms with van der Waals surface area (Å²) in [4.78, 5) is 0. The standard InChI is InChI=1S/C24H26N2O/c1-3-10-19(11-4-1)24-22(15-9-17-25-24)26-18-20-12-7-8-16-23(20)27-21-13-5-2-6-14-21/h1-8,10-14,16,22,24-26H,9,15,17-18H2. The number of piperidine rings is 1. The van der Waals surface area contributed by atoms with E-state index in [1.807, 2.05) is 42.5 Å². The molecular formula is C24H26N2O. The fourth-order valence-electron chi connectivity index (χ4n) is 3.72. The van der Waals surface area contributed by atoms with E-state index >= 15 is 0 Å². The maximum absolute atomic E-state index is 6.11. The van der Waals surface area contributed by atoms with Crippen LogP contribution in [0.4, 0.5) is 0 Å². The second-order valence-electron chi connectivity index (χ2n) is 6.99. The molecule has 0 aliphatic carbocycles. The molecule has 3 aromatic rings. The quantitative estimate of drug-likeness (QED) is 0.646. The molecule has 27 heavy (non-hydrogen) atoms. The Morgan fingerprint density at radius 3 is 2.37 bits per heavy atom. The fraction of sp³-hybridized carbons (Fsp3) is 0.250. The largest absolute Gasteiger partial charge is 0.457 e. The van der Waals surface area contributed by atoms with Crippen LogP contribution in [0.25, 0.3) is 0 Å². The number of hydrogen-bond donors (Lipinski definition) is 2. The van der Waals surface area contributed by atoms with Crippen molar-refractivity contribution < 1.29 is 4.74 Å². The lowest BCUT2D eigenvalue weighted by Gasteiger charge is -2.34. The minimum absolute atomic E-state index is 0.349. The minimum atomic E-state index is 0.349. The molecule has 1 heterocycles. The van der Waals surface area contributed by atoms with Gasteiger partial charge < -0.3 is 15.4 Å². The van der Waals surface area contributed by atoms with Crippen molar-refractivity contribution in [2.45, 2.75) is 31.5 Å². The minimum Gasteiger partial charge on any atom is -0.457 e. The van der Waals surface area contributed by atoms with Gasteiger partial charge in [0.25, 0.3) is 0 Å². The average molecular weight is 358 g/mol. The number of nitrogens with one attached hydrogen (secondary N) is 2. The molecule has 3 heteroatoms. The van der Waals surface area contributed by atoms with Crippen molar-refractivity contribution in [1.29, 1.82) is 0 Å². The van der Waals surface area contributed by atoms with Crippen LogP contribution in [0.2, 0.25) is 0 Å². The number of ether oxygens (including phenoxy) is 1. The van der Waals surface area contributed by atoms with Crippen LogP contribution in [-0.4, -0.2) is 12.6 Å². The molecule has 1 saturated heterocycles. The summed E-state index contributed by atoms with van der Waals surface area (Å²) >= 11 is 0. The van der Waals surface area contributed by atoms with E-state index in [-0.39, 0.29) is 0 Å². The van der Waals surface area contributed by atoms with Crippen molar-refractivity contribution in [3.8, 4) is 11.5 Å². The third kappa shape index (κ3) is 4.57. The average Bonchev–Trinajstić information content (AvgIpc) is 2.75. The molecule has 0 saturated carbocycles. The van der Waals surface area contributed by atoms with Crippen LogP contribution in [0.1, 0.15) is 30.0 Å². The number of hydrogen-bond acceptors (Lipinski definition) is 3. The summed E-state index contributed by atoms with van der Waals surface area (Å²) in [5.41, 5.74) is 2.53. The van der Waals surface area contributed by atoms with Crippen LogP contribution >= 0.6 is 0 Å². The molecule has 2 N–H and O–H groups in total. The molecule has 2 atom stereocenters. The van der Waals surface area contributed by atoms with E-state index in [1.165, 1.54) is 24.0 Å². The van der Waals surface area contributed by atoms with E-state index in [9.17, 15) is 0 Å². The molecule has 4 rings (SSSR count). The third-order valence-electron chi connectivity index (χ3n) is 5.12. The zero-order chi connectivity index (χ0) is 18.3. The van der Waals surface area contributed by atoms with Gasteiger partial charge in [0.1, 0.15) is 11.5 Å². The highest BCUT2D eigenvalue weighted by Crippen LogP contribution is 2.27. The summed E-state index contributed by atoms with van der Waals surface area (Å²) in [6, 6.07) is 29.7. The molecule has 1 fully saturated rings. The zero-order valence-electron chi connectivity index (χ0n) is 15.5. The van der Waals surface area contributed by atoms with Crippen molar-refractivity contribution in [2.75, 3.05) is 6.54 Å². The predicted octanol–water partition coefficient (Wildman–Crippen LogP) is 5.06. The summed E-state index contributed by atoms with van der Waals surface area (Å²) in [7, 11) is 0. The first kappa shape index (κ1) is 17.8. The highest BCUT2D eigenvalue weighted by molar-refractivity contribution is 5.37. The molecule has 0 amide bonds. The number of benzene rings is 3. The number of para-hydroxylation sites is 2. The van der Waals surface area contributed by atoms with Crippen LogP contribution in [0.15, 0.2) is 84.9 Å². The molecule has 0 spiro atoms. The van der Waals surface area contributed by atoms with Gasteiger partial charge in [0, 0.05) is 24.2 Å². The molecule has 1 aliphatic heterocycles. The highest BCUT2D eigenvalue weighted by Gasteiger charge is 2.25. The fourth-order valence-corrected chi connectivity index (χ4v) is 3.72. The zero-order valence-corrected chi connectivity index (χ0v) is 15.5. The molecule has 1 aliphatic rings. The number of rotatable bonds is 6. The lowest BCUT2D eigenvalue weighted by Crippen LogP contribution is -2.45. The molecule has 2 unspecified atom stereocenters. The summed E-state index contributed by atoms with van der Waals surface area (Å²) in [5.74, 6) is 1.78. The van der Waals surface area contributed by atoms with Gasteiger partial charge in [-0.1, -0.05) is 66.7 Å². The maximum Gasteiger partial charge on any atom is 0.131 e. The maximum atomic E-state index is 6.11. The van der Waals surface area contributed by atoms with Gasteiger partial charge in [0.05, 0.1) is 0 Å². The van der Waals surface area contributed by atoms with Crippen LogP contribution in [-0.2, 0) is 6.54 Å². The smallest absolute Gasteiger partial charge is 0.131 e. The van der Waals surface area contributed by atoms with Crippen LogP contribution in [0, 0.1) is 0 Å². The van der Waals surface area contributed by atoms with Gasteiger partial charge in [-0.15, -0.1) is 0 Å². The van der Waals surface area contributed by atoms with Gasteiger partial charge >= 0.3 is 0 Å². The first-order chi connectivity index (χ1) is 13.4. The molecule has 0 radical (unpaired) electrons. The summed E-state index contributed by atoms with van der Waals surface area (Å²) in [5, 5.41) is 7.45. The van der Waals surface area contributed by atoms with Crippen molar-refractivity contribution in [2.24, 2.45) is 0 Å². The molecule has 3 nitrogen and oxygen atoms in total. The van der Waals surface area contributed by atoms with Crippen molar-refractivity contribution in [1.82, 2.24) is 10.6 Å². The van der Waals surface area contributed by atoms with Gasteiger partial charge in [-0.3, -0.25) is 0 Å². The van der Waals surface area contributed by atoms with Gasteiger partial charge in [0.15, 0.2) is 0 Å². The van der Waals surface area contributed by atoms with Crippen molar-refractivity contribution >= 4 is 0 Å². The Morgan fingerprint density at radius 1 is 0.852 bits per heavy atom. The van der Waals surface area contributed by atoms with E-state index in [1.54, 1.807) is 0 Å². The van der Waals surface area contributed by atoms with Crippen molar-refractivity contribution in [3.05, 3.63) is 96.1 Å². The predicted molar refractivity (Wildman–Crippen MR) is 110 cm³/mol. The van der Waals surface area contributed by atoms with E-state index in [2.05, 4.69) is 53.1 Å². The lowest BCUT2D eigenvalue weighted by molar-refractivity contribution is 0.303. The molecule has 0 bridgehead atoms. The normalized spacial score (nSPS) is 19.6. The second kappa shape index (κ2) is 8.85. The monoisotopic (exact) mass is 358 g/mol. The first-order valence-electron chi connectivity index (χ1n) is 9.73. The Bertz CT molecular complexity index is 835. The Labute approximate surface area is 161 Å². The third-order valence-corrected chi connectivity index (χ3v) is 5.12. The second-order valence-corrected chi connectivity index (χ2v) is 6.99. The van der Waals surface area contributed by atoms with Gasteiger partial charge in [-0.2, -0.15) is 0 Å². The van der Waals surface area contributed by atoms with Crippen LogP contribution in [0.5, 0.6) is 11.5 Å². The Balaban J connectivity index is 1.46. The molecule has 0 aromatic heterocycles. The van der Waals surface area contributed by atoms with Gasteiger partial charge in [-0.25, -0.2) is 0 Å². The Morgan fingerprint density at radius 2 is 1.56 bits per heavy atom. The topological polar surface area (TPSA) is 33.3 Å². The summed E-state index contributed by atoms with van der Waals surface area (Å²) in [6.45, 7) is 1.87. The molecule has 3 aromatic carbocycles. The van der Waals surface area contributed by atoms with E-state index in [0.29, 0.717) is 12.1 Å². The van der Waals surface area contributed by atoms with Gasteiger partial charge in [0.2, 0.25) is 0 Å². The Hall–Kier alpha value is -2.62. The first-order valence-corrected chi connectivity index (χ1v) is 9.73. The molecule has 138 valence electrons. The lowest BCUT2D eigenvalue weighted by atomic mass is 9.92. The van der Waals surface area contributed by atoms with Crippen molar-refractivity contribution in [3.63, 3.8) is 0 Å². The van der Waals surface area contributed by atoms with E-state index in [0.717, 1.165) is 24.6 Å². The van der Waals surface area contributed by atoms with Crippen LogP contribution < -0.4 is 15.4 Å². The SMILES string of the molecule is c1ccc(Oc2ccccc2CNC2CCCNC2c2ccccc2)cc1. The van der Waals surface area contributed by atoms with Crippen LogP contribution in [0.3, 0.4) is 0 Å².